The third kappa shape index (κ3) is 3.55. The van der Waals surface area contributed by atoms with Gasteiger partial charge in [-0.1, -0.05) is 35.5 Å². The maximum atomic E-state index is 12.3. The van der Waals surface area contributed by atoms with Gasteiger partial charge in [-0.25, -0.2) is 0 Å². The van der Waals surface area contributed by atoms with Gasteiger partial charge in [-0.15, -0.1) is 0 Å². The molecule has 0 aliphatic heterocycles. The molecule has 6 nitrogen and oxygen atoms in total. The summed E-state index contributed by atoms with van der Waals surface area (Å²) in [6.07, 6.45) is 0. The Bertz CT molecular complexity index is 1090. The Morgan fingerprint density at radius 2 is 1.89 bits per heavy atom. The van der Waals surface area contributed by atoms with E-state index in [2.05, 4.69) is 16.5 Å². The van der Waals surface area contributed by atoms with Crippen LogP contribution in [0, 0.1) is 13.8 Å². The minimum atomic E-state index is -0.360. The molecule has 4 rings (SSSR count). The van der Waals surface area contributed by atoms with Crippen molar-refractivity contribution >= 4 is 22.4 Å². The van der Waals surface area contributed by atoms with Crippen molar-refractivity contribution in [1.29, 1.82) is 0 Å². The van der Waals surface area contributed by atoms with Crippen LogP contribution in [0.1, 0.15) is 27.8 Å². The van der Waals surface area contributed by atoms with Crippen molar-refractivity contribution in [2.24, 2.45) is 0 Å². The summed E-state index contributed by atoms with van der Waals surface area (Å²) in [7, 11) is 0. The molecule has 0 bridgehead atoms. The van der Waals surface area contributed by atoms with E-state index in [-0.39, 0.29) is 18.3 Å². The van der Waals surface area contributed by atoms with E-state index in [9.17, 15) is 4.79 Å². The predicted octanol–water partition coefficient (Wildman–Crippen LogP) is 4.87. The normalized spacial score (nSPS) is 10.9. The first-order chi connectivity index (χ1) is 13.1. The van der Waals surface area contributed by atoms with Crippen LogP contribution in [-0.2, 0) is 6.61 Å². The van der Waals surface area contributed by atoms with Gasteiger partial charge >= 0.3 is 0 Å². The number of anilines is 1. The molecule has 0 fully saturated rings. The van der Waals surface area contributed by atoms with Gasteiger partial charge in [0.15, 0.2) is 11.5 Å². The van der Waals surface area contributed by atoms with E-state index < -0.39 is 0 Å². The van der Waals surface area contributed by atoms with E-state index in [4.69, 9.17) is 13.7 Å². The molecule has 27 heavy (non-hydrogen) atoms. The summed E-state index contributed by atoms with van der Waals surface area (Å²) >= 11 is 0. The molecule has 0 unspecified atom stereocenters. The molecule has 1 amide bonds. The Hall–Kier alpha value is -3.54. The van der Waals surface area contributed by atoms with Crippen molar-refractivity contribution in [1.82, 2.24) is 5.16 Å². The molecule has 0 aliphatic rings. The van der Waals surface area contributed by atoms with E-state index in [0.29, 0.717) is 22.9 Å². The largest absolute Gasteiger partial charge is 0.486 e. The second-order valence-electron chi connectivity index (χ2n) is 6.22. The SMILES string of the molecule is Cc1noc(C)c1NC(=O)c1ccc(COc2ccc3ccccc3c2)o1. The van der Waals surface area contributed by atoms with E-state index in [1.807, 2.05) is 36.4 Å². The molecule has 2 aromatic carbocycles. The fraction of sp³-hybridized carbons (Fsp3) is 0.143. The highest BCUT2D eigenvalue weighted by Gasteiger charge is 2.16. The third-order valence-electron chi connectivity index (χ3n) is 4.26. The molecule has 2 aromatic heterocycles. The van der Waals surface area contributed by atoms with Crippen LogP contribution in [-0.4, -0.2) is 11.1 Å². The van der Waals surface area contributed by atoms with Gasteiger partial charge in [-0.05, 0) is 48.9 Å². The summed E-state index contributed by atoms with van der Waals surface area (Å²) < 4.78 is 16.4. The van der Waals surface area contributed by atoms with Gasteiger partial charge in [0, 0.05) is 0 Å². The fourth-order valence-corrected chi connectivity index (χ4v) is 2.83. The van der Waals surface area contributed by atoms with Gasteiger partial charge in [0.1, 0.15) is 29.5 Å². The number of nitrogens with zero attached hydrogens (tertiary/aromatic N) is 1. The summed E-state index contributed by atoms with van der Waals surface area (Å²) in [5, 5.41) is 8.82. The summed E-state index contributed by atoms with van der Waals surface area (Å²) in [4.78, 5) is 12.3. The number of ether oxygens (including phenoxy) is 1. The second-order valence-corrected chi connectivity index (χ2v) is 6.22. The van der Waals surface area contributed by atoms with Crippen LogP contribution in [0.3, 0.4) is 0 Å². The Labute approximate surface area is 155 Å². The van der Waals surface area contributed by atoms with Crippen molar-refractivity contribution in [2.75, 3.05) is 5.32 Å². The van der Waals surface area contributed by atoms with Crippen LogP contribution < -0.4 is 10.1 Å². The fourth-order valence-electron chi connectivity index (χ4n) is 2.83. The minimum absolute atomic E-state index is 0.201. The molecule has 0 radical (unpaired) electrons. The molecule has 2 heterocycles. The lowest BCUT2D eigenvalue weighted by Gasteiger charge is -2.06. The topological polar surface area (TPSA) is 77.5 Å². The number of amides is 1. The van der Waals surface area contributed by atoms with Crippen molar-refractivity contribution < 1.29 is 18.5 Å². The van der Waals surface area contributed by atoms with Crippen molar-refractivity contribution in [2.45, 2.75) is 20.5 Å². The number of hydrogen-bond acceptors (Lipinski definition) is 5. The Morgan fingerprint density at radius 1 is 1.07 bits per heavy atom. The first kappa shape index (κ1) is 16.9. The zero-order valence-corrected chi connectivity index (χ0v) is 15.0. The zero-order chi connectivity index (χ0) is 18.8. The minimum Gasteiger partial charge on any atom is -0.486 e. The smallest absolute Gasteiger partial charge is 0.291 e. The molecule has 0 saturated carbocycles. The van der Waals surface area contributed by atoms with Gasteiger partial charge in [0.2, 0.25) is 0 Å². The number of hydrogen-bond donors (Lipinski definition) is 1. The molecular weight excluding hydrogens is 344 g/mol. The quantitative estimate of drug-likeness (QED) is 0.548. The van der Waals surface area contributed by atoms with Gasteiger partial charge < -0.3 is 19.0 Å². The monoisotopic (exact) mass is 362 g/mol. The lowest BCUT2D eigenvalue weighted by Crippen LogP contribution is -2.12. The summed E-state index contributed by atoms with van der Waals surface area (Å²) in [5.74, 6) is 1.69. The highest BCUT2D eigenvalue weighted by atomic mass is 16.5. The van der Waals surface area contributed by atoms with E-state index in [1.54, 1.807) is 26.0 Å². The average Bonchev–Trinajstić information content (AvgIpc) is 3.28. The number of fused-ring (bicyclic) bond motifs is 1. The summed E-state index contributed by atoms with van der Waals surface area (Å²) in [6.45, 7) is 3.73. The van der Waals surface area contributed by atoms with Crippen LogP contribution in [0.4, 0.5) is 5.69 Å². The average molecular weight is 362 g/mol. The number of carbonyl (C=O) groups excluding carboxylic acids is 1. The Morgan fingerprint density at radius 3 is 2.67 bits per heavy atom. The van der Waals surface area contributed by atoms with Crippen molar-refractivity contribution in [3.05, 3.63) is 77.6 Å². The van der Waals surface area contributed by atoms with Gasteiger partial charge in [0.05, 0.1) is 0 Å². The molecular formula is C21H18N2O4. The predicted molar refractivity (Wildman–Crippen MR) is 101 cm³/mol. The third-order valence-corrected chi connectivity index (χ3v) is 4.26. The number of aryl methyl sites for hydroxylation is 2. The number of rotatable bonds is 5. The van der Waals surface area contributed by atoms with Crippen LogP contribution in [0.25, 0.3) is 10.8 Å². The van der Waals surface area contributed by atoms with Crippen LogP contribution in [0.5, 0.6) is 5.75 Å². The number of carbonyl (C=O) groups is 1. The van der Waals surface area contributed by atoms with E-state index in [0.717, 1.165) is 16.5 Å². The standard InChI is InChI=1S/C21H18N2O4/c1-13-20(14(2)27-23-13)22-21(24)19-10-9-18(26-19)12-25-17-8-7-15-5-3-4-6-16(15)11-17/h3-11H,12H2,1-2H3,(H,22,24). The van der Waals surface area contributed by atoms with Gasteiger partial charge in [0.25, 0.3) is 5.91 Å². The van der Waals surface area contributed by atoms with E-state index >= 15 is 0 Å². The van der Waals surface area contributed by atoms with Gasteiger partial charge in [-0.2, -0.15) is 0 Å². The molecule has 136 valence electrons. The number of aromatic nitrogens is 1. The second kappa shape index (κ2) is 6.99. The van der Waals surface area contributed by atoms with Crippen LogP contribution in [0.2, 0.25) is 0 Å². The van der Waals surface area contributed by atoms with Crippen molar-refractivity contribution in [3.8, 4) is 5.75 Å². The molecule has 1 N–H and O–H groups in total. The number of furan rings is 1. The lowest BCUT2D eigenvalue weighted by molar-refractivity contribution is 0.0992. The van der Waals surface area contributed by atoms with Crippen molar-refractivity contribution in [3.63, 3.8) is 0 Å². The van der Waals surface area contributed by atoms with Crippen LogP contribution >= 0.6 is 0 Å². The Kier molecular flexibility index (Phi) is 4.38. The number of nitrogens with one attached hydrogen (secondary N) is 1. The summed E-state index contributed by atoms with van der Waals surface area (Å²) in [6, 6.07) is 17.3. The lowest BCUT2D eigenvalue weighted by atomic mass is 10.1. The molecule has 0 atom stereocenters. The molecule has 0 spiro atoms. The molecule has 6 heteroatoms. The first-order valence-electron chi connectivity index (χ1n) is 8.55. The first-order valence-corrected chi connectivity index (χ1v) is 8.55. The maximum Gasteiger partial charge on any atom is 0.291 e. The highest BCUT2D eigenvalue weighted by molar-refractivity contribution is 6.02. The maximum absolute atomic E-state index is 12.3. The Balaban J connectivity index is 1.42. The van der Waals surface area contributed by atoms with E-state index in [1.165, 1.54) is 0 Å². The molecule has 0 saturated heterocycles. The number of benzene rings is 2. The van der Waals surface area contributed by atoms with Gasteiger partial charge in [-0.3, -0.25) is 4.79 Å². The highest BCUT2D eigenvalue weighted by Crippen LogP contribution is 2.23. The zero-order valence-electron chi connectivity index (χ0n) is 15.0. The van der Waals surface area contributed by atoms with Crippen LogP contribution in [0.15, 0.2) is 63.5 Å². The molecule has 0 aliphatic carbocycles. The molecule has 4 aromatic rings. The summed E-state index contributed by atoms with van der Waals surface area (Å²) in [5.41, 5.74) is 1.18.